The molecule has 1 atom stereocenters. The van der Waals surface area contributed by atoms with Crippen LogP contribution in [0.1, 0.15) is 49.3 Å². The third-order valence-electron chi connectivity index (χ3n) is 3.78. The van der Waals surface area contributed by atoms with Crippen LogP contribution in [-0.2, 0) is 6.42 Å². The van der Waals surface area contributed by atoms with E-state index < -0.39 is 11.6 Å². The first-order chi connectivity index (χ1) is 10.3. The molecule has 2 rings (SSSR count). The molecule has 0 aliphatic heterocycles. The van der Waals surface area contributed by atoms with Gasteiger partial charge in [-0.2, -0.15) is 0 Å². The van der Waals surface area contributed by atoms with E-state index in [1.807, 2.05) is 20.8 Å². The molecule has 0 saturated carbocycles. The molecule has 0 aliphatic rings. The average Bonchev–Trinajstić information content (AvgIpc) is 2.41. The molecule has 0 bridgehead atoms. The van der Waals surface area contributed by atoms with E-state index in [4.69, 9.17) is 11.6 Å². The summed E-state index contributed by atoms with van der Waals surface area (Å²) in [5, 5.41) is 0.299. The Balaban J connectivity index is 2.34. The fraction of sp³-hybridized carbons (Fsp3) is 0.333. The molecular weight excluding hydrogens is 309 g/mol. The van der Waals surface area contributed by atoms with Crippen LogP contribution >= 0.6 is 11.6 Å². The lowest BCUT2D eigenvalue weighted by Crippen LogP contribution is -2.06. The second-order valence-electron chi connectivity index (χ2n) is 5.89. The fourth-order valence-electron chi connectivity index (χ4n) is 2.58. The van der Waals surface area contributed by atoms with E-state index in [-0.39, 0.29) is 17.7 Å². The van der Waals surface area contributed by atoms with Crippen LogP contribution in [0.15, 0.2) is 30.3 Å². The van der Waals surface area contributed by atoms with Crippen LogP contribution in [0.5, 0.6) is 0 Å². The summed E-state index contributed by atoms with van der Waals surface area (Å²) in [6.07, 6.45) is 0.300. The molecule has 0 fully saturated rings. The van der Waals surface area contributed by atoms with Gasteiger partial charge >= 0.3 is 0 Å². The summed E-state index contributed by atoms with van der Waals surface area (Å²) in [7, 11) is 0. The predicted molar refractivity (Wildman–Crippen MR) is 84.0 cm³/mol. The maximum atomic E-state index is 14.5. The zero-order valence-electron chi connectivity index (χ0n) is 12.8. The van der Waals surface area contributed by atoms with Gasteiger partial charge in [0.15, 0.2) is 0 Å². The lowest BCUT2D eigenvalue weighted by atomic mass is 9.90. The molecule has 0 saturated heterocycles. The summed E-state index contributed by atoms with van der Waals surface area (Å²) < 4.78 is 41.3. The van der Waals surface area contributed by atoms with Crippen LogP contribution < -0.4 is 0 Å². The van der Waals surface area contributed by atoms with Crippen LogP contribution in [0, 0.1) is 17.5 Å². The first-order valence-electron chi connectivity index (χ1n) is 7.22. The van der Waals surface area contributed by atoms with Gasteiger partial charge in [0.05, 0.1) is 0 Å². The van der Waals surface area contributed by atoms with Crippen molar-refractivity contribution < 1.29 is 13.2 Å². The first-order valence-corrected chi connectivity index (χ1v) is 7.60. The molecule has 2 aromatic carbocycles. The normalized spacial score (nSPS) is 12.7. The Labute approximate surface area is 133 Å². The summed E-state index contributed by atoms with van der Waals surface area (Å²) in [6.45, 7) is 5.50. The molecule has 4 heteroatoms. The van der Waals surface area contributed by atoms with Crippen molar-refractivity contribution in [1.82, 2.24) is 0 Å². The molecule has 0 nitrogen and oxygen atoms in total. The summed E-state index contributed by atoms with van der Waals surface area (Å²) >= 11 is 6.04. The zero-order valence-corrected chi connectivity index (χ0v) is 13.5. The second-order valence-corrected chi connectivity index (χ2v) is 6.30. The van der Waals surface area contributed by atoms with Crippen molar-refractivity contribution in [1.29, 1.82) is 0 Å². The number of halogens is 4. The SMILES string of the molecule is CC(C)c1cc(F)cc(CC(C)c2ccc(F)cc2Cl)c1F. The molecule has 118 valence electrons. The largest absolute Gasteiger partial charge is 0.207 e. The quantitative estimate of drug-likeness (QED) is 0.625. The molecule has 2 aromatic rings. The fourth-order valence-corrected chi connectivity index (χ4v) is 2.93. The summed E-state index contributed by atoms with van der Waals surface area (Å²) in [5.74, 6) is -1.48. The zero-order chi connectivity index (χ0) is 16.4. The topological polar surface area (TPSA) is 0 Å². The summed E-state index contributed by atoms with van der Waals surface area (Å²) in [5.41, 5.74) is 1.40. The van der Waals surface area contributed by atoms with Gasteiger partial charge in [0.1, 0.15) is 17.5 Å². The minimum atomic E-state index is -0.447. The maximum Gasteiger partial charge on any atom is 0.130 e. The Bertz CT molecular complexity index is 680. The minimum absolute atomic E-state index is 0.0980. The lowest BCUT2D eigenvalue weighted by Gasteiger charge is -2.17. The third-order valence-corrected chi connectivity index (χ3v) is 4.11. The standard InChI is InChI=1S/C18H18ClF3/c1-10(2)16-8-14(21)7-12(18(16)22)6-11(3)15-5-4-13(20)9-17(15)19/h4-5,7-11H,6H2,1-3H3. The molecule has 0 heterocycles. The number of benzene rings is 2. The second kappa shape index (κ2) is 6.74. The molecular formula is C18H18ClF3. The smallest absolute Gasteiger partial charge is 0.130 e. The Hall–Kier alpha value is -1.48. The average molecular weight is 327 g/mol. The van der Waals surface area contributed by atoms with E-state index in [1.165, 1.54) is 24.3 Å². The van der Waals surface area contributed by atoms with Crippen molar-refractivity contribution in [3.8, 4) is 0 Å². The highest BCUT2D eigenvalue weighted by molar-refractivity contribution is 6.31. The Morgan fingerprint density at radius 1 is 0.909 bits per heavy atom. The molecule has 0 N–H and O–H groups in total. The molecule has 22 heavy (non-hydrogen) atoms. The molecule has 0 amide bonds. The van der Waals surface area contributed by atoms with E-state index in [2.05, 4.69) is 0 Å². The molecule has 0 aliphatic carbocycles. The van der Waals surface area contributed by atoms with Gasteiger partial charge in [-0.15, -0.1) is 0 Å². The highest BCUT2D eigenvalue weighted by Crippen LogP contribution is 2.31. The Morgan fingerprint density at radius 2 is 1.59 bits per heavy atom. The van der Waals surface area contributed by atoms with E-state index in [0.29, 0.717) is 22.6 Å². The van der Waals surface area contributed by atoms with Gasteiger partial charge < -0.3 is 0 Å². The van der Waals surface area contributed by atoms with E-state index in [9.17, 15) is 13.2 Å². The van der Waals surface area contributed by atoms with Gasteiger partial charge in [-0.1, -0.05) is 38.4 Å². The summed E-state index contributed by atoms with van der Waals surface area (Å²) in [6, 6.07) is 6.59. The Kier molecular flexibility index (Phi) is 5.17. The van der Waals surface area contributed by atoms with Crippen LogP contribution in [0.25, 0.3) is 0 Å². The lowest BCUT2D eigenvalue weighted by molar-refractivity contribution is 0.552. The van der Waals surface area contributed by atoms with Crippen molar-refractivity contribution >= 4 is 11.6 Å². The monoisotopic (exact) mass is 326 g/mol. The molecule has 0 aromatic heterocycles. The van der Waals surface area contributed by atoms with Gasteiger partial charge in [0.2, 0.25) is 0 Å². The molecule has 0 radical (unpaired) electrons. The van der Waals surface area contributed by atoms with Crippen LogP contribution in [-0.4, -0.2) is 0 Å². The van der Waals surface area contributed by atoms with Gasteiger partial charge in [0, 0.05) is 5.02 Å². The predicted octanol–water partition coefficient (Wildman–Crippen LogP) is 6.23. The van der Waals surface area contributed by atoms with Crippen molar-refractivity contribution in [2.45, 2.75) is 39.0 Å². The van der Waals surface area contributed by atoms with Gasteiger partial charge in [-0.3, -0.25) is 0 Å². The highest BCUT2D eigenvalue weighted by Gasteiger charge is 2.18. The highest BCUT2D eigenvalue weighted by atomic mass is 35.5. The first kappa shape index (κ1) is 16.9. The van der Waals surface area contributed by atoms with Crippen molar-refractivity contribution in [3.63, 3.8) is 0 Å². The van der Waals surface area contributed by atoms with E-state index >= 15 is 0 Å². The van der Waals surface area contributed by atoms with Gasteiger partial charge in [0.25, 0.3) is 0 Å². The third kappa shape index (κ3) is 3.64. The van der Waals surface area contributed by atoms with Crippen molar-refractivity contribution in [3.05, 3.63) is 69.5 Å². The van der Waals surface area contributed by atoms with Crippen LogP contribution in [0.2, 0.25) is 5.02 Å². The number of hydrogen-bond donors (Lipinski definition) is 0. The number of hydrogen-bond acceptors (Lipinski definition) is 0. The minimum Gasteiger partial charge on any atom is -0.207 e. The summed E-state index contributed by atoms with van der Waals surface area (Å²) in [4.78, 5) is 0. The van der Waals surface area contributed by atoms with Crippen LogP contribution in [0.4, 0.5) is 13.2 Å². The van der Waals surface area contributed by atoms with Gasteiger partial charge in [-0.25, -0.2) is 13.2 Å². The van der Waals surface area contributed by atoms with Gasteiger partial charge in [-0.05, 0) is 59.2 Å². The van der Waals surface area contributed by atoms with E-state index in [0.717, 1.165) is 5.56 Å². The number of rotatable bonds is 4. The molecule has 1 unspecified atom stereocenters. The maximum absolute atomic E-state index is 14.5. The van der Waals surface area contributed by atoms with E-state index in [1.54, 1.807) is 6.07 Å². The van der Waals surface area contributed by atoms with Crippen molar-refractivity contribution in [2.24, 2.45) is 0 Å². The Morgan fingerprint density at radius 3 is 2.18 bits per heavy atom. The van der Waals surface area contributed by atoms with Crippen LogP contribution in [0.3, 0.4) is 0 Å². The van der Waals surface area contributed by atoms with Crippen molar-refractivity contribution in [2.75, 3.05) is 0 Å². The molecule has 0 spiro atoms.